The van der Waals surface area contributed by atoms with Gasteiger partial charge in [-0.3, -0.25) is 9.78 Å². The molecule has 0 atom stereocenters. The Morgan fingerprint density at radius 3 is 2.84 bits per heavy atom. The molecule has 2 N–H and O–H groups in total. The highest BCUT2D eigenvalue weighted by atomic mass is 16.1. The van der Waals surface area contributed by atoms with Crippen LogP contribution in [0, 0.1) is 0 Å². The van der Waals surface area contributed by atoms with Gasteiger partial charge in [-0.25, -0.2) is 0 Å². The average molecular weight is 253 g/mol. The van der Waals surface area contributed by atoms with Gasteiger partial charge in [-0.1, -0.05) is 6.07 Å². The highest BCUT2D eigenvalue weighted by Gasteiger charge is 2.10. The number of hydrogen-bond acceptors (Lipinski definition) is 3. The lowest BCUT2D eigenvalue weighted by Gasteiger charge is -2.18. The topological polar surface area (TPSA) is 54.0 Å². The van der Waals surface area contributed by atoms with Gasteiger partial charge in [-0.15, -0.1) is 0 Å². The molecule has 1 aromatic heterocycles. The van der Waals surface area contributed by atoms with E-state index in [0.717, 1.165) is 25.2 Å². The summed E-state index contributed by atoms with van der Waals surface area (Å²) in [4.78, 5) is 15.9. The molecule has 0 aliphatic carbocycles. The van der Waals surface area contributed by atoms with Crippen LogP contribution < -0.4 is 10.6 Å². The second-order valence-corrected chi connectivity index (χ2v) is 4.60. The predicted octanol–water partition coefficient (Wildman–Crippen LogP) is 1.98. The summed E-state index contributed by atoms with van der Waals surface area (Å²) < 4.78 is 0. The Bertz CT molecular complexity index is 596. The van der Waals surface area contributed by atoms with Gasteiger partial charge in [-0.2, -0.15) is 0 Å². The van der Waals surface area contributed by atoms with Crippen molar-refractivity contribution in [1.29, 1.82) is 0 Å². The van der Waals surface area contributed by atoms with Gasteiger partial charge in [0.15, 0.2) is 0 Å². The van der Waals surface area contributed by atoms with E-state index in [1.165, 1.54) is 11.1 Å². The number of nitrogens with one attached hydrogen (secondary N) is 2. The molecule has 0 bridgehead atoms. The number of fused-ring (bicyclic) bond motifs is 1. The molecular weight excluding hydrogens is 238 g/mol. The summed E-state index contributed by atoms with van der Waals surface area (Å²) in [6.45, 7) is 1.89. The Morgan fingerprint density at radius 2 is 2.00 bits per heavy atom. The molecule has 1 aromatic carbocycles. The molecule has 4 heteroatoms. The van der Waals surface area contributed by atoms with Crippen LogP contribution in [0.1, 0.15) is 21.5 Å². The Kier molecular flexibility index (Phi) is 3.25. The summed E-state index contributed by atoms with van der Waals surface area (Å²) in [6, 6.07) is 9.51. The van der Waals surface area contributed by atoms with E-state index < -0.39 is 0 Å². The molecule has 19 heavy (non-hydrogen) atoms. The SMILES string of the molecule is O=C(Nc1ccc2c(c1)CNCC2)c1ccncc1. The van der Waals surface area contributed by atoms with Crippen molar-refractivity contribution >= 4 is 11.6 Å². The maximum Gasteiger partial charge on any atom is 0.255 e. The van der Waals surface area contributed by atoms with Crippen LogP contribution >= 0.6 is 0 Å². The maximum atomic E-state index is 12.0. The van der Waals surface area contributed by atoms with Crippen molar-refractivity contribution in [3.05, 3.63) is 59.4 Å². The lowest BCUT2D eigenvalue weighted by atomic mass is 10.0. The van der Waals surface area contributed by atoms with Crippen molar-refractivity contribution in [3.63, 3.8) is 0 Å². The number of aromatic nitrogens is 1. The lowest BCUT2D eigenvalue weighted by molar-refractivity contribution is 0.102. The van der Waals surface area contributed by atoms with Gasteiger partial charge in [0.1, 0.15) is 0 Å². The van der Waals surface area contributed by atoms with Crippen LogP contribution in [0.5, 0.6) is 0 Å². The van der Waals surface area contributed by atoms with Gasteiger partial charge in [0.05, 0.1) is 0 Å². The van der Waals surface area contributed by atoms with E-state index in [2.05, 4.69) is 21.7 Å². The molecule has 1 amide bonds. The fourth-order valence-corrected chi connectivity index (χ4v) is 2.26. The van der Waals surface area contributed by atoms with E-state index >= 15 is 0 Å². The van der Waals surface area contributed by atoms with Gasteiger partial charge in [0.2, 0.25) is 0 Å². The summed E-state index contributed by atoms with van der Waals surface area (Å²) >= 11 is 0. The molecule has 1 aliphatic rings. The number of anilines is 1. The summed E-state index contributed by atoms with van der Waals surface area (Å²) in [7, 11) is 0. The van der Waals surface area contributed by atoms with Crippen molar-refractivity contribution in [1.82, 2.24) is 10.3 Å². The zero-order valence-electron chi connectivity index (χ0n) is 10.5. The van der Waals surface area contributed by atoms with Crippen molar-refractivity contribution < 1.29 is 4.79 Å². The molecule has 0 saturated heterocycles. The first-order chi connectivity index (χ1) is 9.33. The van der Waals surface area contributed by atoms with E-state index in [1.807, 2.05) is 12.1 Å². The number of carbonyl (C=O) groups excluding carboxylic acids is 1. The summed E-state index contributed by atoms with van der Waals surface area (Å²) in [5.41, 5.74) is 4.08. The molecule has 3 rings (SSSR count). The van der Waals surface area contributed by atoms with E-state index in [-0.39, 0.29) is 5.91 Å². The summed E-state index contributed by atoms with van der Waals surface area (Å²) in [6.07, 6.45) is 4.28. The Labute approximate surface area is 111 Å². The summed E-state index contributed by atoms with van der Waals surface area (Å²) in [5, 5.41) is 6.25. The van der Waals surface area contributed by atoms with E-state index in [0.29, 0.717) is 5.56 Å². The Balaban J connectivity index is 1.78. The third-order valence-corrected chi connectivity index (χ3v) is 3.29. The van der Waals surface area contributed by atoms with Gasteiger partial charge in [0, 0.05) is 30.2 Å². The molecule has 0 fully saturated rings. The van der Waals surface area contributed by atoms with E-state index in [4.69, 9.17) is 0 Å². The van der Waals surface area contributed by atoms with E-state index in [9.17, 15) is 4.79 Å². The molecule has 0 unspecified atom stereocenters. The molecule has 2 heterocycles. The van der Waals surface area contributed by atoms with Crippen LogP contribution in [-0.4, -0.2) is 17.4 Å². The number of benzene rings is 1. The van der Waals surface area contributed by atoms with Gasteiger partial charge in [0.25, 0.3) is 5.91 Å². The third-order valence-electron chi connectivity index (χ3n) is 3.29. The van der Waals surface area contributed by atoms with E-state index in [1.54, 1.807) is 24.5 Å². The van der Waals surface area contributed by atoms with Crippen molar-refractivity contribution in [3.8, 4) is 0 Å². The first-order valence-electron chi connectivity index (χ1n) is 6.37. The number of hydrogen-bond donors (Lipinski definition) is 2. The number of nitrogens with zero attached hydrogens (tertiary/aromatic N) is 1. The smallest absolute Gasteiger partial charge is 0.255 e. The first kappa shape index (κ1) is 11.9. The largest absolute Gasteiger partial charge is 0.322 e. The number of carbonyl (C=O) groups is 1. The maximum absolute atomic E-state index is 12.0. The molecule has 0 saturated carbocycles. The fourth-order valence-electron chi connectivity index (χ4n) is 2.26. The zero-order valence-corrected chi connectivity index (χ0v) is 10.5. The fraction of sp³-hybridized carbons (Fsp3) is 0.200. The first-order valence-corrected chi connectivity index (χ1v) is 6.37. The summed E-state index contributed by atoms with van der Waals surface area (Å²) in [5.74, 6) is -0.105. The Hall–Kier alpha value is -2.20. The molecule has 96 valence electrons. The van der Waals surface area contributed by atoms with Crippen molar-refractivity contribution in [2.75, 3.05) is 11.9 Å². The molecule has 0 spiro atoms. The highest BCUT2D eigenvalue weighted by Crippen LogP contribution is 2.19. The second-order valence-electron chi connectivity index (χ2n) is 4.60. The van der Waals surface area contributed by atoms with Crippen LogP contribution in [0.3, 0.4) is 0 Å². The second kappa shape index (κ2) is 5.20. The minimum atomic E-state index is -0.105. The van der Waals surface area contributed by atoms with Crippen LogP contribution in [0.15, 0.2) is 42.7 Å². The average Bonchev–Trinajstić information content (AvgIpc) is 2.48. The van der Waals surface area contributed by atoms with Crippen molar-refractivity contribution in [2.45, 2.75) is 13.0 Å². The third kappa shape index (κ3) is 2.63. The lowest BCUT2D eigenvalue weighted by Crippen LogP contribution is -2.23. The molecule has 2 aromatic rings. The van der Waals surface area contributed by atoms with Gasteiger partial charge >= 0.3 is 0 Å². The molecule has 1 aliphatic heterocycles. The number of amides is 1. The monoisotopic (exact) mass is 253 g/mol. The molecule has 4 nitrogen and oxygen atoms in total. The van der Waals surface area contributed by atoms with Gasteiger partial charge in [-0.05, 0) is 48.4 Å². The zero-order chi connectivity index (χ0) is 13.1. The molecular formula is C15H15N3O. The van der Waals surface area contributed by atoms with Crippen LogP contribution in [0.4, 0.5) is 5.69 Å². The van der Waals surface area contributed by atoms with Gasteiger partial charge < -0.3 is 10.6 Å². The van der Waals surface area contributed by atoms with Crippen LogP contribution in [0.2, 0.25) is 0 Å². The molecule has 0 radical (unpaired) electrons. The quantitative estimate of drug-likeness (QED) is 0.860. The highest BCUT2D eigenvalue weighted by molar-refractivity contribution is 6.04. The van der Waals surface area contributed by atoms with Crippen molar-refractivity contribution in [2.24, 2.45) is 0 Å². The minimum absolute atomic E-state index is 0.105. The normalized spacial score (nSPS) is 13.7. The number of rotatable bonds is 2. The number of pyridine rings is 1. The Morgan fingerprint density at radius 1 is 1.16 bits per heavy atom. The minimum Gasteiger partial charge on any atom is -0.322 e. The van der Waals surface area contributed by atoms with Crippen LogP contribution in [-0.2, 0) is 13.0 Å². The predicted molar refractivity (Wildman–Crippen MR) is 74.0 cm³/mol. The van der Waals surface area contributed by atoms with Crippen LogP contribution in [0.25, 0.3) is 0 Å². The standard InChI is InChI=1S/C15H15N3O/c19-15(12-4-6-16-7-5-12)18-14-2-1-11-3-8-17-10-13(11)9-14/h1-2,4-7,9,17H,3,8,10H2,(H,18,19).